The second kappa shape index (κ2) is 3.06. The van der Waals surface area contributed by atoms with Gasteiger partial charge in [0.15, 0.2) is 0 Å². The molecule has 2 saturated heterocycles. The monoisotopic (exact) mass is 266 g/mol. The molecule has 80 valence electrons. The van der Waals surface area contributed by atoms with Gasteiger partial charge in [-0.3, -0.25) is 0 Å². The van der Waals surface area contributed by atoms with E-state index in [0.717, 1.165) is 4.47 Å². The molecule has 0 radical (unpaired) electrons. The van der Waals surface area contributed by atoms with E-state index >= 15 is 0 Å². The summed E-state index contributed by atoms with van der Waals surface area (Å²) in [5, 5.41) is 4.92. The summed E-state index contributed by atoms with van der Waals surface area (Å²) in [5.74, 6) is 0. The lowest BCUT2D eigenvalue weighted by Gasteiger charge is -2.18. The first-order chi connectivity index (χ1) is 7.07. The predicted octanol–water partition coefficient (Wildman–Crippen LogP) is 3.02. The molecule has 2 fully saturated rings. The van der Waals surface area contributed by atoms with E-state index < -0.39 is 0 Å². The van der Waals surface area contributed by atoms with Gasteiger partial charge in [-0.25, -0.2) is 10.0 Å². The average Bonchev–Trinajstić information content (AvgIpc) is 2.68. The van der Waals surface area contributed by atoms with Crippen LogP contribution in [0.3, 0.4) is 0 Å². The second-order valence-corrected chi connectivity index (χ2v) is 6.20. The smallest absolute Gasteiger partial charge is 0.115 e. The van der Waals surface area contributed by atoms with E-state index in [4.69, 9.17) is 0 Å². The van der Waals surface area contributed by atoms with Crippen LogP contribution in [0.4, 0.5) is 0 Å². The van der Waals surface area contributed by atoms with E-state index in [1.165, 1.54) is 18.7 Å². The maximum absolute atomic E-state index is 3.47. The number of hydrogen-bond acceptors (Lipinski definition) is 2. The van der Waals surface area contributed by atoms with Crippen LogP contribution in [0.25, 0.3) is 0 Å². The van der Waals surface area contributed by atoms with E-state index in [-0.39, 0.29) is 0 Å². The van der Waals surface area contributed by atoms with E-state index in [1.807, 2.05) is 0 Å². The largest absolute Gasteiger partial charge is 0.216 e. The first kappa shape index (κ1) is 9.82. The fraction of sp³-hybridized carbons (Fsp3) is 0.500. The fourth-order valence-corrected chi connectivity index (χ4v) is 2.77. The van der Waals surface area contributed by atoms with Crippen molar-refractivity contribution in [3.63, 3.8) is 0 Å². The molecule has 0 bridgehead atoms. The van der Waals surface area contributed by atoms with E-state index in [2.05, 4.69) is 64.1 Å². The Kier molecular flexibility index (Phi) is 2.00. The molecule has 1 aromatic carbocycles. The van der Waals surface area contributed by atoms with Crippen LogP contribution in [0, 0.1) is 5.41 Å². The van der Waals surface area contributed by atoms with Gasteiger partial charge in [0, 0.05) is 17.6 Å². The zero-order valence-corrected chi connectivity index (χ0v) is 10.7. The number of rotatable bonds is 1. The molecule has 0 saturated carbocycles. The number of benzene rings is 1. The summed E-state index contributed by atoms with van der Waals surface area (Å²) in [6.45, 7) is 7.04. The Labute approximate surface area is 99.0 Å². The van der Waals surface area contributed by atoms with Crippen molar-refractivity contribution in [1.82, 2.24) is 10.0 Å². The fourth-order valence-electron chi connectivity index (χ4n) is 2.51. The van der Waals surface area contributed by atoms with Crippen LogP contribution < -0.4 is 0 Å². The van der Waals surface area contributed by atoms with E-state index in [9.17, 15) is 0 Å². The number of halogens is 1. The maximum Gasteiger partial charge on any atom is 0.115 e. The van der Waals surface area contributed by atoms with Gasteiger partial charge < -0.3 is 0 Å². The molecule has 2 heterocycles. The van der Waals surface area contributed by atoms with Gasteiger partial charge in [0.1, 0.15) is 6.17 Å². The van der Waals surface area contributed by atoms with Gasteiger partial charge in [0.05, 0.1) is 0 Å². The van der Waals surface area contributed by atoms with Crippen LogP contribution in [0.2, 0.25) is 0 Å². The van der Waals surface area contributed by atoms with Crippen LogP contribution in [0.1, 0.15) is 25.6 Å². The van der Waals surface area contributed by atoms with Crippen LogP contribution in [0.15, 0.2) is 28.7 Å². The Balaban J connectivity index is 1.76. The Morgan fingerprint density at radius 2 is 1.67 bits per heavy atom. The van der Waals surface area contributed by atoms with Gasteiger partial charge in [-0.2, -0.15) is 0 Å². The molecule has 0 aliphatic carbocycles. The van der Waals surface area contributed by atoms with Crippen molar-refractivity contribution in [2.24, 2.45) is 5.41 Å². The molecule has 0 aromatic heterocycles. The standard InChI is InChI=1S/C12H15BrN2/c1-12(2)7-14-11(15(14)8-12)9-3-5-10(13)6-4-9/h3-6,11H,7-8H2,1-2H3. The van der Waals surface area contributed by atoms with Crippen LogP contribution in [-0.2, 0) is 0 Å². The molecule has 0 amide bonds. The predicted molar refractivity (Wildman–Crippen MR) is 64.1 cm³/mol. The van der Waals surface area contributed by atoms with Gasteiger partial charge in [-0.1, -0.05) is 41.9 Å². The van der Waals surface area contributed by atoms with Gasteiger partial charge >= 0.3 is 0 Å². The molecule has 0 spiro atoms. The van der Waals surface area contributed by atoms with Crippen LogP contribution >= 0.6 is 15.9 Å². The highest BCUT2D eigenvalue weighted by Gasteiger charge is 2.55. The van der Waals surface area contributed by atoms with E-state index in [1.54, 1.807) is 0 Å². The zero-order valence-electron chi connectivity index (χ0n) is 9.07. The molecule has 2 atom stereocenters. The highest BCUT2D eigenvalue weighted by atomic mass is 79.9. The second-order valence-electron chi connectivity index (χ2n) is 5.28. The third kappa shape index (κ3) is 1.63. The van der Waals surface area contributed by atoms with Gasteiger partial charge in [-0.15, -0.1) is 0 Å². The molecular weight excluding hydrogens is 252 g/mol. The number of hydrazine groups is 1. The quantitative estimate of drug-likeness (QED) is 0.721. The highest BCUT2D eigenvalue weighted by molar-refractivity contribution is 9.10. The third-order valence-corrected chi connectivity index (χ3v) is 3.72. The average molecular weight is 267 g/mol. The van der Waals surface area contributed by atoms with Crippen molar-refractivity contribution in [3.05, 3.63) is 34.3 Å². The summed E-state index contributed by atoms with van der Waals surface area (Å²) in [4.78, 5) is 0. The lowest BCUT2D eigenvalue weighted by molar-refractivity contribution is 0.342. The Hall–Kier alpha value is -0.380. The van der Waals surface area contributed by atoms with Crippen molar-refractivity contribution >= 4 is 15.9 Å². The van der Waals surface area contributed by atoms with Crippen molar-refractivity contribution in [2.45, 2.75) is 20.0 Å². The SMILES string of the molecule is CC1(C)CN2C(c3ccc(Br)cc3)N2C1. The maximum atomic E-state index is 3.47. The van der Waals surface area contributed by atoms with Crippen molar-refractivity contribution in [3.8, 4) is 0 Å². The third-order valence-electron chi connectivity index (χ3n) is 3.19. The summed E-state index contributed by atoms with van der Waals surface area (Å²) >= 11 is 3.47. The molecule has 0 N–H and O–H groups in total. The Bertz CT molecular complexity index is 371. The molecule has 1 aromatic rings. The number of fused-ring (bicyclic) bond motifs is 1. The van der Waals surface area contributed by atoms with Crippen LogP contribution in [-0.4, -0.2) is 23.1 Å². The normalized spacial score (nSPS) is 36.3. The van der Waals surface area contributed by atoms with E-state index in [0.29, 0.717) is 11.6 Å². The minimum absolute atomic E-state index is 0.464. The van der Waals surface area contributed by atoms with Crippen molar-refractivity contribution < 1.29 is 0 Å². The lowest BCUT2D eigenvalue weighted by Crippen LogP contribution is -2.22. The zero-order chi connectivity index (χ0) is 10.6. The molecule has 15 heavy (non-hydrogen) atoms. The minimum Gasteiger partial charge on any atom is -0.216 e. The molecule has 2 nitrogen and oxygen atoms in total. The number of nitrogens with zero attached hydrogens (tertiary/aromatic N) is 2. The Morgan fingerprint density at radius 3 is 2.20 bits per heavy atom. The first-order valence-corrected chi connectivity index (χ1v) is 6.15. The molecule has 2 aliphatic rings. The Morgan fingerprint density at radius 1 is 1.13 bits per heavy atom. The van der Waals surface area contributed by atoms with Gasteiger partial charge in [0.25, 0.3) is 0 Å². The topological polar surface area (TPSA) is 6.02 Å². The summed E-state index contributed by atoms with van der Waals surface area (Å²) < 4.78 is 1.15. The summed E-state index contributed by atoms with van der Waals surface area (Å²) in [7, 11) is 0. The van der Waals surface area contributed by atoms with Crippen molar-refractivity contribution in [1.29, 1.82) is 0 Å². The summed E-state index contributed by atoms with van der Waals surface area (Å²) in [6, 6.07) is 8.66. The minimum atomic E-state index is 0.464. The lowest BCUT2D eigenvalue weighted by atomic mass is 9.93. The van der Waals surface area contributed by atoms with Crippen LogP contribution in [0.5, 0.6) is 0 Å². The van der Waals surface area contributed by atoms with Gasteiger partial charge in [-0.05, 0) is 23.1 Å². The van der Waals surface area contributed by atoms with Crippen molar-refractivity contribution in [2.75, 3.05) is 13.1 Å². The highest BCUT2D eigenvalue weighted by Crippen LogP contribution is 2.50. The molecule has 2 unspecified atom stereocenters. The number of hydrogen-bond donors (Lipinski definition) is 0. The molecule has 2 aliphatic heterocycles. The summed E-state index contributed by atoms with van der Waals surface area (Å²) in [5.41, 5.74) is 1.87. The first-order valence-electron chi connectivity index (χ1n) is 5.35. The molecular formula is C12H15BrN2. The van der Waals surface area contributed by atoms with Gasteiger partial charge in [0.2, 0.25) is 0 Å². The summed E-state index contributed by atoms with van der Waals surface area (Å²) in [6.07, 6.45) is 0.547. The molecule has 3 heteroatoms. The molecule has 3 rings (SSSR count).